The third kappa shape index (κ3) is 3.54. The van der Waals surface area contributed by atoms with Gasteiger partial charge in [0.25, 0.3) is 0 Å². The van der Waals surface area contributed by atoms with Crippen molar-refractivity contribution < 1.29 is 14.3 Å². The maximum absolute atomic E-state index is 11.8. The molecule has 0 aliphatic carbocycles. The van der Waals surface area contributed by atoms with Gasteiger partial charge in [-0.3, -0.25) is 4.79 Å². The summed E-state index contributed by atoms with van der Waals surface area (Å²) in [6, 6.07) is 4.10. The Morgan fingerprint density at radius 1 is 1.57 bits per heavy atom. The van der Waals surface area contributed by atoms with Gasteiger partial charge in [0.1, 0.15) is 12.4 Å². The number of benzene rings is 1. The number of nitrogens with one attached hydrogen (secondary N) is 1. The lowest BCUT2D eigenvalue weighted by atomic mass is 9.92. The lowest BCUT2D eigenvalue weighted by Crippen LogP contribution is -2.34. The van der Waals surface area contributed by atoms with Gasteiger partial charge in [0.15, 0.2) is 0 Å². The highest BCUT2D eigenvalue weighted by molar-refractivity contribution is 5.78. The van der Waals surface area contributed by atoms with Crippen molar-refractivity contribution in [3.8, 4) is 5.75 Å². The number of aryl methyl sites for hydroxylation is 1. The molecule has 1 aromatic carbocycles. The van der Waals surface area contributed by atoms with Crippen molar-refractivity contribution in [3.05, 3.63) is 28.8 Å². The molecule has 0 bridgehead atoms. The maximum Gasteiger partial charge on any atom is 0.246 e. The van der Waals surface area contributed by atoms with Crippen LogP contribution < -0.4 is 15.8 Å². The van der Waals surface area contributed by atoms with Crippen LogP contribution in [-0.4, -0.2) is 26.2 Å². The van der Waals surface area contributed by atoms with Gasteiger partial charge in [-0.05, 0) is 30.5 Å². The average Bonchev–Trinajstić information content (AvgIpc) is 2.47. The molecule has 3 N–H and O–H groups in total. The fourth-order valence-electron chi connectivity index (χ4n) is 2.69. The fraction of sp³-hybridized carbons (Fsp3) is 0.562. The molecular weight excluding hydrogens is 268 g/mol. The van der Waals surface area contributed by atoms with Crippen molar-refractivity contribution in [3.63, 3.8) is 0 Å². The molecule has 1 amide bonds. The standard InChI is InChI=1S/C16H24N2O3/c1-4-13(17)11-7-10(2)16-12(8-11)14(5-6-21-16)18-15(19)9-20-3/h7-8,13-14H,4-6,9,17H2,1-3H3,(H,18,19). The summed E-state index contributed by atoms with van der Waals surface area (Å²) >= 11 is 0. The topological polar surface area (TPSA) is 73.6 Å². The van der Waals surface area contributed by atoms with E-state index in [-0.39, 0.29) is 24.6 Å². The van der Waals surface area contributed by atoms with Crippen LogP contribution >= 0.6 is 0 Å². The van der Waals surface area contributed by atoms with Crippen molar-refractivity contribution in [2.24, 2.45) is 5.73 Å². The molecule has 0 spiro atoms. The lowest BCUT2D eigenvalue weighted by molar-refractivity contribution is -0.125. The van der Waals surface area contributed by atoms with Crippen molar-refractivity contribution in [1.29, 1.82) is 0 Å². The number of rotatable bonds is 5. The zero-order valence-electron chi connectivity index (χ0n) is 12.9. The smallest absolute Gasteiger partial charge is 0.246 e. The first-order valence-corrected chi connectivity index (χ1v) is 7.38. The quantitative estimate of drug-likeness (QED) is 0.870. The third-order valence-corrected chi connectivity index (χ3v) is 3.83. The predicted octanol–water partition coefficient (Wildman–Crippen LogP) is 1.99. The number of hydrogen-bond donors (Lipinski definition) is 2. The lowest BCUT2D eigenvalue weighted by Gasteiger charge is -2.29. The van der Waals surface area contributed by atoms with Crippen molar-refractivity contribution in [2.45, 2.75) is 38.8 Å². The van der Waals surface area contributed by atoms with E-state index in [0.717, 1.165) is 35.3 Å². The molecule has 1 aliphatic rings. The first kappa shape index (κ1) is 15.8. The van der Waals surface area contributed by atoms with Gasteiger partial charge in [-0.25, -0.2) is 0 Å². The van der Waals surface area contributed by atoms with Crippen LogP contribution in [-0.2, 0) is 9.53 Å². The molecule has 0 aromatic heterocycles. The Hall–Kier alpha value is -1.59. The predicted molar refractivity (Wildman–Crippen MR) is 81.3 cm³/mol. The van der Waals surface area contributed by atoms with Gasteiger partial charge in [0, 0.05) is 25.1 Å². The third-order valence-electron chi connectivity index (χ3n) is 3.83. The van der Waals surface area contributed by atoms with Crippen molar-refractivity contribution in [2.75, 3.05) is 20.3 Å². The molecule has 2 unspecified atom stereocenters. The Morgan fingerprint density at radius 2 is 2.33 bits per heavy atom. The highest BCUT2D eigenvalue weighted by atomic mass is 16.5. The van der Waals surface area contributed by atoms with Gasteiger partial charge in [0.05, 0.1) is 12.6 Å². The average molecular weight is 292 g/mol. The summed E-state index contributed by atoms with van der Waals surface area (Å²) in [6.07, 6.45) is 1.63. The number of carbonyl (C=O) groups is 1. The number of fused-ring (bicyclic) bond motifs is 1. The second-order valence-electron chi connectivity index (χ2n) is 5.46. The number of hydrogen-bond acceptors (Lipinski definition) is 4. The molecule has 2 rings (SSSR count). The summed E-state index contributed by atoms with van der Waals surface area (Å²) in [5, 5.41) is 3.00. The van der Waals surface area contributed by atoms with E-state index in [9.17, 15) is 4.79 Å². The molecule has 1 heterocycles. The minimum Gasteiger partial charge on any atom is -0.493 e. The number of methoxy groups -OCH3 is 1. The molecule has 1 aromatic rings. The molecule has 1 aliphatic heterocycles. The molecule has 0 radical (unpaired) electrons. The fourth-order valence-corrected chi connectivity index (χ4v) is 2.69. The summed E-state index contributed by atoms with van der Waals surface area (Å²) in [5.41, 5.74) is 9.32. The van der Waals surface area contributed by atoms with Gasteiger partial charge >= 0.3 is 0 Å². The summed E-state index contributed by atoms with van der Waals surface area (Å²) < 4.78 is 10.6. The number of amides is 1. The zero-order chi connectivity index (χ0) is 15.4. The molecule has 0 fully saturated rings. The van der Waals surface area contributed by atoms with E-state index in [2.05, 4.69) is 24.4 Å². The maximum atomic E-state index is 11.8. The van der Waals surface area contributed by atoms with E-state index >= 15 is 0 Å². The molecule has 5 heteroatoms. The zero-order valence-corrected chi connectivity index (χ0v) is 12.9. The van der Waals surface area contributed by atoms with Crippen LogP contribution in [0.2, 0.25) is 0 Å². The van der Waals surface area contributed by atoms with Gasteiger partial charge in [-0.15, -0.1) is 0 Å². The molecule has 0 saturated carbocycles. The molecular formula is C16H24N2O3. The van der Waals surface area contributed by atoms with E-state index in [4.69, 9.17) is 15.2 Å². The second kappa shape index (κ2) is 6.91. The number of nitrogens with two attached hydrogens (primary N) is 1. The van der Waals surface area contributed by atoms with E-state index in [1.807, 2.05) is 6.92 Å². The van der Waals surface area contributed by atoms with E-state index in [0.29, 0.717) is 6.61 Å². The van der Waals surface area contributed by atoms with Crippen LogP contribution in [0.1, 0.15) is 48.5 Å². The highest BCUT2D eigenvalue weighted by Crippen LogP contribution is 2.37. The minimum atomic E-state index is -0.113. The van der Waals surface area contributed by atoms with Gasteiger partial charge in [-0.2, -0.15) is 0 Å². The Bertz CT molecular complexity index is 516. The summed E-state index contributed by atoms with van der Waals surface area (Å²) in [7, 11) is 1.51. The molecule has 5 nitrogen and oxygen atoms in total. The molecule has 116 valence electrons. The van der Waals surface area contributed by atoms with Gasteiger partial charge in [0.2, 0.25) is 5.91 Å². The van der Waals surface area contributed by atoms with Gasteiger partial charge < -0.3 is 20.5 Å². The normalized spacial score (nSPS) is 18.6. The molecule has 0 saturated heterocycles. The first-order chi connectivity index (χ1) is 10.1. The number of ether oxygens (including phenoxy) is 2. The SMILES string of the molecule is CCC(N)c1cc(C)c2c(c1)C(NC(=O)COC)CCO2. The Morgan fingerprint density at radius 3 is 3.00 bits per heavy atom. The minimum absolute atomic E-state index is 0.00579. The molecule has 2 atom stereocenters. The van der Waals surface area contributed by atoms with Crippen molar-refractivity contribution in [1.82, 2.24) is 5.32 Å². The molecule has 21 heavy (non-hydrogen) atoms. The van der Waals surface area contributed by atoms with Crippen molar-refractivity contribution >= 4 is 5.91 Å². The van der Waals surface area contributed by atoms with E-state index in [1.165, 1.54) is 7.11 Å². The van der Waals surface area contributed by atoms with E-state index < -0.39 is 0 Å². The summed E-state index contributed by atoms with van der Waals surface area (Å²) in [4.78, 5) is 11.8. The highest BCUT2D eigenvalue weighted by Gasteiger charge is 2.25. The summed E-state index contributed by atoms with van der Waals surface area (Å²) in [5.74, 6) is 0.759. The Balaban J connectivity index is 2.31. The second-order valence-corrected chi connectivity index (χ2v) is 5.46. The number of carbonyl (C=O) groups excluding carboxylic acids is 1. The largest absolute Gasteiger partial charge is 0.493 e. The van der Waals surface area contributed by atoms with E-state index in [1.54, 1.807) is 0 Å². The first-order valence-electron chi connectivity index (χ1n) is 7.38. The van der Waals surface area contributed by atoms with Crippen LogP contribution in [0.5, 0.6) is 5.75 Å². The Labute approximate surface area is 125 Å². The van der Waals surface area contributed by atoms with Crippen LogP contribution in [0.25, 0.3) is 0 Å². The van der Waals surface area contributed by atoms with Crippen LogP contribution in [0.4, 0.5) is 0 Å². The van der Waals surface area contributed by atoms with Crippen LogP contribution in [0.3, 0.4) is 0 Å². The van der Waals surface area contributed by atoms with Crippen LogP contribution in [0.15, 0.2) is 12.1 Å². The Kier molecular flexibility index (Phi) is 5.20. The summed E-state index contributed by atoms with van der Waals surface area (Å²) in [6.45, 7) is 4.75. The monoisotopic (exact) mass is 292 g/mol. The van der Waals surface area contributed by atoms with Gasteiger partial charge in [-0.1, -0.05) is 13.0 Å². The van der Waals surface area contributed by atoms with Crippen LogP contribution in [0, 0.1) is 6.92 Å².